The number of aromatic carboxylic acids is 1. The zero-order valence-electron chi connectivity index (χ0n) is 7.04. The van der Waals surface area contributed by atoms with Crippen LogP contribution in [0.25, 0.3) is 0 Å². The van der Waals surface area contributed by atoms with E-state index in [1.54, 1.807) is 0 Å². The lowest BCUT2D eigenvalue weighted by Gasteiger charge is -2.04. The first-order chi connectivity index (χ1) is 6.99. The Morgan fingerprint density at radius 2 is 2.20 bits per heavy atom. The topological polar surface area (TPSA) is 74.0 Å². The van der Waals surface area contributed by atoms with Gasteiger partial charge in [-0.15, -0.1) is 0 Å². The minimum atomic E-state index is -3.23. The van der Waals surface area contributed by atoms with Crippen molar-refractivity contribution in [2.45, 2.75) is 6.43 Å². The third-order valence-electron chi connectivity index (χ3n) is 1.59. The minimum Gasteiger partial charge on any atom is -0.478 e. The molecule has 0 bridgehead atoms. The van der Waals surface area contributed by atoms with Crippen molar-refractivity contribution in [2.24, 2.45) is 0 Å². The van der Waals surface area contributed by atoms with E-state index in [9.17, 15) is 18.0 Å². The summed E-state index contributed by atoms with van der Waals surface area (Å²) in [5.41, 5.74) is -2.95. The number of rotatable bonds is 2. The number of halogens is 3. The van der Waals surface area contributed by atoms with Crippen LogP contribution in [0.15, 0.2) is 6.20 Å². The molecule has 1 rings (SSSR count). The second kappa shape index (κ2) is 3.96. The average Bonchev–Trinajstić information content (AvgIpc) is 2.15. The van der Waals surface area contributed by atoms with Gasteiger partial charge in [0.05, 0.1) is 5.56 Å². The molecule has 1 aromatic rings. The molecule has 0 spiro atoms. The van der Waals surface area contributed by atoms with Gasteiger partial charge in [-0.2, -0.15) is 5.26 Å². The third-order valence-corrected chi connectivity index (χ3v) is 1.59. The summed E-state index contributed by atoms with van der Waals surface area (Å²) in [6, 6.07) is 1.36. The van der Waals surface area contributed by atoms with Crippen LogP contribution in [0.4, 0.5) is 13.2 Å². The highest BCUT2D eigenvalue weighted by Gasteiger charge is 2.24. The van der Waals surface area contributed by atoms with Crippen molar-refractivity contribution in [2.75, 3.05) is 0 Å². The predicted octanol–water partition coefficient (Wildman–Crippen LogP) is 1.73. The van der Waals surface area contributed by atoms with E-state index in [1.165, 1.54) is 6.07 Å². The largest absolute Gasteiger partial charge is 0.478 e. The Balaban J connectivity index is 3.51. The van der Waals surface area contributed by atoms with E-state index in [-0.39, 0.29) is 0 Å². The van der Waals surface area contributed by atoms with E-state index in [4.69, 9.17) is 10.4 Å². The fourth-order valence-electron chi connectivity index (χ4n) is 0.948. The van der Waals surface area contributed by atoms with Crippen LogP contribution in [-0.4, -0.2) is 16.1 Å². The summed E-state index contributed by atoms with van der Waals surface area (Å²) >= 11 is 0. The standard InChI is InChI=1S/C8H3F3N2O2/c9-5-4(8(14)15)3(1-12)2-13-6(5)7(10)11/h2,7H,(H,14,15). The Labute approximate surface area is 81.6 Å². The van der Waals surface area contributed by atoms with Gasteiger partial charge in [0.1, 0.15) is 17.3 Å². The van der Waals surface area contributed by atoms with Gasteiger partial charge in [0, 0.05) is 6.20 Å². The molecule has 1 aromatic heterocycles. The molecule has 78 valence electrons. The van der Waals surface area contributed by atoms with Gasteiger partial charge in [-0.25, -0.2) is 18.0 Å². The highest BCUT2D eigenvalue weighted by molar-refractivity contribution is 5.90. The lowest BCUT2D eigenvalue weighted by molar-refractivity contribution is 0.0689. The Morgan fingerprint density at radius 1 is 1.60 bits per heavy atom. The molecule has 0 aliphatic carbocycles. The molecular weight excluding hydrogens is 213 g/mol. The molecule has 1 N–H and O–H groups in total. The zero-order chi connectivity index (χ0) is 11.6. The van der Waals surface area contributed by atoms with Gasteiger partial charge in [-0.3, -0.25) is 4.98 Å². The summed E-state index contributed by atoms with van der Waals surface area (Å²) in [4.78, 5) is 13.5. The summed E-state index contributed by atoms with van der Waals surface area (Å²) in [6.07, 6.45) is -2.62. The average molecular weight is 216 g/mol. The number of hydrogen-bond donors (Lipinski definition) is 1. The van der Waals surface area contributed by atoms with Crippen LogP contribution >= 0.6 is 0 Å². The Hall–Kier alpha value is -2.10. The monoisotopic (exact) mass is 216 g/mol. The van der Waals surface area contributed by atoms with Crippen LogP contribution < -0.4 is 0 Å². The molecule has 0 aliphatic heterocycles. The maximum atomic E-state index is 13.1. The molecule has 0 aromatic carbocycles. The van der Waals surface area contributed by atoms with Gasteiger partial charge in [0.2, 0.25) is 0 Å². The van der Waals surface area contributed by atoms with Crippen molar-refractivity contribution in [1.82, 2.24) is 4.98 Å². The van der Waals surface area contributed by atoms with Crippen molar-refractivity contribution < 1.29 is 23.1 Å². The van der Waals surface area contributed by atoms with Crippen LogP contribution in [0, 0.1) is 17.1 Å². The second-order valence-corrected chi connectivity index (χ2v) is 2.46. The highest BCUT2D eigenvalue weighted by Crippen LogP contribution is 2.23. The normalized spacial score (nSPS) is 10.1. The summed E-state index contributed by atoms with van der Waals surface area (Å²) in [5, 5.41) is 16.9. The molecule has 15 heavy (non-hydrogen) atoms. The molecule has 0 unspecified atom stereocenters. The summed E-state index contributed by atoms with van der Waals surface area (Å²) in [7, 11) is 0. The maximum absolute atomic E-state index is 13.1. The van der Waals surface area contributed by atoms with Crippen LogP contribution in [0.2, 0.25) is 0 Å². The molecule has 0 radical (unpaired) electrons. The first-order valence-corrected chi connectivity index (χ1v) is 3.59. The highest BCUT2D eigenvalue weighted by atomic mass is 19.3. The summed E-state index contributed by atoms with van der Waals surface area (Å²) < 4.78 is 37.4. The van der Waals surface area contributed by atoms with Crippen LogP contribution in [0.5, 0.6) is 0 Å². The predicted molar refractivity (Wildman–Crippen MR) is 40.8 cm³/mol. The second-order valence-electron chi connectivity index (χ2n) is 2.46. The Bertz CT molecular complexity index is 454. The maximum Gasteiger partial charge on any atom is 0.340 e. The first kappa shape index (κ1) is 11.0. The molecule has 0 saturated heterocycles. The Morgan fingerprint density at radius 3 is 2.60 bits per heavy atom. The van der Waals surface area contributed by atoms with Crippen LogP contribution in [-0.2, 0) is 0 Å². The van der Waals surface area contributed by atoms with E-state index in [1.807, 2.05) is 0 Å². The number of nitrogens with zero attached hydrogens (tertiary/aromatic N) is 2. The van der Waals surface area contributed by atoms with Gasteiger partial charge >= 0.3 is 5.97 Å². The van der Waals surface area contributed by atoms with Crippen molar-refractivity contribution in [3.05, 3.63) is 28.8 Å². The minimum absolute atomic E-state index is 0.593. The number of carbonyl (C=O) groups is 1. The molecule has 0 amide bonds. The van der Waals surface area contributed by atoms with Crippen molar-refractivity contribution in [3.8, 4) is 6.07 Å². The van der Waals surface area contributed by atoms with Crippen LogP contribution in [0.1, 0.15) is 28.0 Å². The van der Waals surface area contributed by atoms with Crippen molar-refractivity contribution >= 4 is 5.97 Å². The lowest BCUT2D eigenvalue weighted by atomic mass is 10.1. The smallest absolute Gasteiger partial charge is 0.340 e. The van der Waals surface area contributed by atoms with Gasteiger partial charge in [-0.05, 0) is 0 Å². The van der Waals surface area contributed by atoms with Gasteiger partial charge in [0.25, 0.3) is 6.43 Å². The van der Waals surface area contributed by atoms with E-state index in [0.717, 1.165) is 0 Å². The summed E-state index contributed by atoms with van der Waals surface area (Å²) in [6.45, 7) is 0. The fourth-order valence-corrected chi connectivity index (χ4v) is 0.948. The van der Waals surface area contributed by atoms with E-state index in [2.05, 4.69) is 4.98 Å². The van der Waals surface area contributed by atoms with E-state index in [0.29, 0.717) is 6.20 Å². The van der Waals surface area contributed by atoms with E-state index >= 15 is 0 Å². The molecule has 7 heteroatoms. The Kier molecular flexibility index (Phi) is 2.90. The number of pyridine rings is 1. The van der Waals surface area contributed by atoms with Gasteiger partial charge in [-0.1, -0.05) is 0 Å². The molecule has 0 saturated carbocycles. The fraction of sp³-hybridized carbons (Fsp3) is 0.125. The molecule has 0 aliphatic rings. The van der Waals surface area contributed by atoms with Crippen LogP contribution in [0.3, 0.4) is 0 Å². The lowest BCUT2D eigenvalue weighted by Crippen LogP contribution is -2.09. The van der Waals surface area contributed by atoms with Crippen molar-refractivity contribution in [1.29, 1.82) is 5.26 Å². The molecule has 0 fully saturated rings. The molecule has 1 heterocycles. The van der Waals surface area contributed by atoms with Crippen molar-refractivity contribution in [3.63, 3.8) is 0 Å². The van der Waals surface area contributed by atoms with Gasteiger partial charge < -0.3 is 5.11 Å². The number of alkyl halides is 2. The number of hydrogen-bond acceptors (Lipinski definition) is 3. The zero-order valence-corrected chi connectivity index (χ0v) is 7.04. The molecular formula is C8H3F3N2O2. The van der Waals surface area contributed by atoms with Gasteiger partial charge in [0.15, 0.2) is 5.82 Å². The number of aromatic nitrogens is 1. The number of carboxylic acid groups (broad SMARTS) is 1. The third kappa shape index (κ3) is 1.88. The first-order valence-electron chi connectivity index (χ1n) is 3.59. The molecule has 0 atom stereocenters. The summed E-state index contributed by atoms with van der Waals surface area (Å²) in [5.74, 6) is -3.45. The number of carboxylic acids is 1. The SMILES string of the molecule is N#Cc1cnc(C(F)F)c(F)c1C(=O)O. The quantitative estimate of drug-likeness (QED) is 0.816. The molecule has 4 nitrogen and oxygen atoms in total. The van der Waals surface area contributed by atoms with E-state index < -0.39 is 35.0 Å². The number of nitriles is 1.